The number of nitrogens with one attached hydrogen (secondary N) is 1. The Morgan fingerprint density at radius 2 is 2.00 bits per heavy atom. The van der Waals surface area contributed by atoms with Gasteiger partial charge in [0.05, 0.1) is 0 Å². The molecule has 1 saturated carbocycles. The smallest absolute Gasteiger partial charge is 0.00955 e. The first-order chi connectivity index (χ1) is 8.36. The maximum atomic E-state index is 3.49. The highest BCUT2D eigenvalue weighted by Gasteiger charge is 2.26. The minimum absolute atomic E-state index is 0.753. The maximum absolute atomic E-state index is 3.49. The lowest BCUT2D eigenvalue weighted by atomic mass is 9.93. The van der Waals surface area contributed by atoms with Gasteiger partial charge < -0.3 is 5.32 Å². The van der Waals surface area contributed by atoms with Crippen molar-refractivity contribution in [3.05, 3.63) is 34.9 Å². The zero-order chi connectivity index (χ0) is 11.7. The van der Waals surface area contributed by atoms with Gasteiger partial charge in [-0.25, -0.2) is 0 Å². The minimum atomic E-state index is 0.753. The molecular formula is C16H23N. The Morgan fingerprint density at radius 1 is 1.12 bits per heavy atom. The average molecular weight is 229 g/mol. The molecule has 2 atom stereocenters. The molecule has 0 aliphatic heterocycles. The van der Waals surface area contributed by atoms with Gasteiger partial charge in [-0.2, -0.15) is 0 Å². The Hall–Kier alpha value is -0.820. The van der Waals surface area contributed by atoms with Crippen molar-refractivity contribution >= 4 is 0 Å². The summed E-state index contributed by atoms with van der Waals surface area (Å²) in [6.07, 6.45) is 9.43. The van der Waals surface area contributed by atoms with Crippen LogP contribution in [0.3, 0.4) is 0 Å². The molecule has 0 bridgehead atoms. The maximum Gasteiger partial charge on any atom is 0.00955 e. The van der Waals surface area contributed by atoms with Gasteiger partial charge in [0.1, 0.15) is 0 Å². The summed E-state index contributed by atoms with van der Waals surface area (Å²) in [4.78, 5) is 0. The molecule has 2 aliphatic rings. The van der Waals surface area contributed by atoms with E-state index in [1.807, 2.05) is 0 Å². The molecule has 0 saturated heterocycles. The molecule has 0 spiro atoms. The number of hydrogen-bond acceptors (Lipinski definition) is 1. The summed E-state index contributed by atoms with van der Waals surface area (Å²) in [5.41, 5.74) is 4.80. The number of benzene rings is 1. The van der Waals surface area contributed by atoms with Crippen LogP contribution in [0.2, 0.25) is 0 Å². The molecule has 2 aliphatic carbocycles. The first-order valence-corrected chi connectivity index (χ1v) is 7.15. The lowest BCUT2D eigenvalue weighted by Crippen LogP contribution is -2.30. The third kappa shape index (κ3) is 2.26. The SMILES string of the molecule is CNC1CCCC1Cc1ccc2c(c1)CCC2. The number of hydrogen-bond donors (Lipinski definition) is 1. The third-order valence-electron chi connectivity index (χ3n) is 4.69. The van der Waals surface area contributed by atoms with E-state index in [2.05, 4.69) is 30.6 Å². The molecule has 17 heavy (non-hydrogen) atoms. The van der Waals surface area contributed by atoms with E-state index in [0.29, 0.717) is 0 Å². The molecule has 3 rings (SSSR count). The zero-order valence-corrected chi connectivity index (χ0v) is 10.8. The number of aryl methyl sites for hydroxylation is 2. The third-order valence-corrected chi connectivity index (χ3v) is 4.69. The summed E-state index contributed by atoms with van der Waals surface area (Å²) >= 11 is 0. The molecule has 1 N–H and O–H groups in total. The van der Waals surface area contributed by atoms with Crippen LogP contribution in [0.5, 0.6) is 0 Å². The van der Waals surface area contributed by atoms with Crippen LogP contribution in [0.15, 0.2) is 18.2 Å². The Labute approximate surface area is 105 Å². The summed E-state index contributed by atoms with van der Waals surface area (Å²) in [5, 5.41) is 3.49. The second-order valence-corrected chi connectivity index (χ2v) is 5.75. The lowest BCUT2D eigenvalue weighted by molar-refractivity contribution is 0.423. The second kappa shape index (κ2) is 4.81. The fourth-order valence-electron chi connectivity index (χ4n) is 3.72. The quantitative estimate of drug-likeness (QED) is 0.840. The first kappa shape index (κ1) is 11.3. The molecule has 0 radical (unpaired) electrons. The van der Waals surface area contributed by atoms with Crippen LogP contribution in [0, 0.1) is 5.92 Å². The summed E-state index contributed by atoms with van der Waals surface area (Å²) in [7, 11) is 2.12. The van der Waals surface area contributed by atoms with Gasteiger partial charge in [0, 0.05) is 6.04 Å². The molecule has 0 heterocycles. The van der Waals surface area contributed by atoms with Crippen LogP contribution < -0.4 is 5.32 Å². The Morgan fingerprint density at radius 3 is 2.88 bits per heavy atom. The van der Waals surface area contributed by atoms with Gasteiger partial charge in [-0.05, 0) is 68.2 Å². The Kier molecular flexibility index (Phi) is 3.19. The van der Waals surface area contributed by atoms with E-state index in [1.54, 1.807) is 16.7 Å². The van der Waals surface area contributed by atoms with Gasteiger partial charge in [0.2, 0.25) is 0 Å². The minimum Gasteiger partial charge on any atom is -0.317 e. The van der Waals surface area contributed by atoms with E-state index in [1.165, 1.54) is 44.9 Å². The summed E-state index contributed by atoms with van der Waals surface area (Å²) in [6, 6.07) is 7.98. The van der Waals surface area contributed by atoms with Crippen LogP contribution in [0.1, 0.15) is 42.4 Å². The molecule has 1 aromatic carbocycles. The predicted molar refractivity (Wildman–Crippen MR) is 72.4 cm³/mol. The lowest BCUT2D eigenvalue weighted by Gasteiger charge is -2.19. The van der Waals surface area contributed by atoms with Crippen molar-refractivity contribution in [2.75, 3.05) is 7.05 Å². The fourth-order valence-corrected chi connectivity index (χ4v) is 3.72. The Balaban J connectivity index is 1.72. The van der Waals surface area contributed by atoms with Gasteiger partial charge in [-0.15, -0.1) is 0 Å². The van der Waals surface area contributed by atoms with Crippen LogP contribution >= 0.6 is 0 Å². The van der Waals surface area contributed by atoms with E-state index >= 15 is 0 Å². The number of fused-ring (bicyclic) bond motifs is 1. The standard InChI is InChI=1S/C16H23N/c1-17-16-7-3-6-15(16)11-12-8-9-13-4-2-5-14(13)10-12/h8-10,15-17H,2-7,11H2,1H3. The van der Waals surface area contributed by atoms with Crippen molar-refractivity contribution in [2.45, 2.75) is 51.0 Å². The molecular weight excluding hydrogens is 206 g/mol. The van der Waals surface area contributed by atoms with E-state index in [-0.39, 0.29) is 0 Å². The largest absolute Gasteiger partial charge is 0.317 e. The van der Waals surface area contributed by atoms with E-state index in [0.717, 1.165) is 12.0 Å². The van der Waals surface area contributed by atoms with Crippen molar-refractivity contribution in [1.29, 1.82) is 0 Å². The molecule has 0 amide bonds. The molecule has 1 nitrogen and oxygen atoms in total. The highest BCUT2D eigenvalue weighted by Crippen LogP contribution is 2.30. The van der Waals surface area contributed by atoms with Gasteiger partial charge in [-0.1, -0.05) is 24.6 Å². The van der Waals surface area contributed by atoms with Gasteiger partial charge in [-0.3, -0.25) is 0 Å². The first-order valence-electron chi connectivity index (χ1n) is 7.15. The van der Waals surface area contributed by atoms with Crippen molar-refractivity contribution < 1.29 is 0 Å². The topological polar surface area (TPSA) is 12.0 Å². The van der Waals surface area contributed by atoms with Crippen molar-refractivity contribution in [2.24, 2.45) is 5.92 Å². The molecule has 2 unspecified atom stereocenters. The van der Waals surface area contributed by atoms with Crippen LogP contribution in [-0.4, -0.2) is 13.1 Å². The van der Waals surface area contributed by atoms with Gasteiger partial charge in [0.25, 0.3) is 0 Å². The van der Waals surface area contributed by atoms with Gasteiger partial charge in [0.15, 0.2) is 0 Å². The Bertz CT molecular complexity index is 397. The van der Waals surface area contributed by atoms with Crippen LogP contribution in [0.25, 0.3) is 0 Å². The van der Waals surface area contributed by atoms with Crippen molar-refractivity contribution in [3.63, 3.8) is 0 Å². The highest BCUT2D eigenvalue weighted by molar-refractivity contribution is 5.35. The molecule has 1 heteroatoms. The number of rotatable bonds is 3. The molecule has 92 valence electrons. The van der Waals surface area contributed by atoms with Crippen LogP contribution in [0.4, 0.5) is 0 Å². The normalized spacial score (nSPS) is 27.4. The zero-order valence-electron chi connectivity index (χ0n) is 10.8. The molecule has 1 aromatic rings. The summed E-state index contributed by atoms with van der Waals surface area (Å²) in [5.74, 6) is 0.861. The fraction of sp³-hybridized carbons (Fsp3) is 0.625. The molecule has 0 aromatic heterocycles. The van der Waals surface area contributed by atoms with Crippen molar-refractivity contribution in [1.82, 2.24) is 5.32 Å². The predicted octanol–water partition coefficient (Wildman–Crippen LogP) is 3.11. The van der Waals surface area contributed by atoms with Crippen LogP contribution in [-0.2, 0) is 19.3 Å². The molecule has 1 fully saturated rings. The van der Waals surface area contributed by atoms with E-state index < -0.39 is 0 Å². The average Bonchev–Trinajstić information content (AvgIpc) is 2.96. The van der Waals surface area contributed by atoms with E-state index in [9.17, 15) is 0 Å². The summed E-state index contributed by atoms with van der Waals surface area (Å²) in [6.45, 7) is 0. The van der Waals surface area contributed by atoms with Crippen molar-refractivity contribution in [3.8, 4) is 0 Å². The van der Waals surface area contributed by atoms with Gasteiger partial charge >= 0.3 is 0 Å². The monoisotopic (exact) mass is 229 g/mol. The van der Waals surface area contributed by atoms with E-state index in [4.69, 9.17) is 0 Å². The second-order valence-electron chi connectivity index (χ2n) is 5.75. The summed E-state index contributed by atoms with van der Waals surface area (Å²) < 4.78 is 0. The highest BCUT2D eigenvalue weighted by atomic mass is 14.9.